The van der Waals surface area contributed by atoms with E-state index >= 15 is 0 Å². The van der Waals surface area contributed by atoms with E-state index in [2.05, 4.69) is 21.2 Å². The van der Waals surface area contributed by atoms with E-state index in [1.807, 2.05) is 55.5 Å². The highest BCUT2D eigenvalue weighted by Crippen LogP contribution is 2.22. The number of rotatable bonds is 6. The number of anilines is 1. The first-order valence-corrected chi connectivity index (χ1v) is 7.47. The van der Waals surface area contributed by atoms with E-state index in [4.69, 9.17) is 10.5 Å². The molecule has 3 N–H and O–H groups in total. The van der Waals surface area contributed by atoms with E-state index in [1.54, 1.807) is 0 Å². The van der Waals surface area contributed by atoms with Crippen molar-refractivity contribution in [3.8, 4) is 5.75 Å². The molecule has 0 aliphatic carbocycles. The van der Waals surface area contributed by atoms with Gasteiger partial charge in [-0.2, -0.15) is 0 Å². The van der Waals surface area contributed by atoms with E-state index in [1.165, 1.54) is 0 Å². The summed E-state index contributed by atoms with van der Waals surface area (Å²) in [6.45, 7) is 3.19. The molecule has 0 fully saturated rings. The Morgan fingerprint density at radius 3 is 2.30 bits per heavy atom. The lowest BCUT2D eigenvalue weighted by atomic mass is 10.1. The van der Waals surface area contributed by atoms with Gasteiger partial charge >= 0.3 is 0 Å². The predicted molar refractivity (Wildman–Crippen MR) is 87.2 cm³/mol. The van der Waals surface area contributed by atoms with Gasteiger partial charge < -0.3 is 15.8 Å². The van der Waals surface area contributed by atoms with Crippen LogP contribution in [0.1, 0.15) is 18.5 Å². The van der Waals surface area contributed by atoms with Crippen LogP contribution in [0, 0.1) is 0 Å². The van der Waals surface area contributed by atoms with Crippen LogP contribution in [-0.2, 0) is 0 Å². The summed E-state index contributed by atoms with van der Waals surface area (Å²) in [6, 6.07) is 16.2. The SMILES string of the molecule is CCOc1ccc(C(CN)Nc2ccc(Br)cc2)cc1. The summed E-state index contributed by atoms with van der Waals surface area (Å²) >= 11 is 3.43. The summed E-state index contributed by atoms with van der Waals surface area (Å²) in [5, 5.41) is 3.44. The molecule has 0 saturated heterocycles. The van der Waals surface area contributed by atoms with Gasteiger partial charge in [-0.25, -0.2) is 0 Å². The normalized spacial score (nSPS) is 11.9. The molecule has 2 rings (SSSR count). The molecule has 4 heteroatoms. The van der Waals surface area contributed by atoms with Crippen molar-refractivity contribution in [2.75, 3.05) is 18.5 Å². The number of nitrogens with one attached hydrogen (secondary N) is 1. The van der Waals surface area contributed by atoms with Crippen LogP contribution < -0.4 is 15.8 Å². The third kappa shape index (κ3) is 3.99. The predicted octanol–water partition coefficient (Wildman–Crippen LogP) is 3.96. The van der Waals surface area contributed by atoms with Crippen LogP contribution in [0.5, 0.6) is 5.75 Å². The minimum absolute atomic E-state index is 0.0897. The van der Waals surface area contributed by atoms with E-state index in [-0.39, 0.29) is 6.04 Å². The van der Waals surface area contributed by atoms with Gasteiger partial charge in [-0.05, 0) is 48.9 Å². The topological polar surface area (TPSA) is 47.3 Å². The molecule has 20 heavy (non-hydrogen) atoms. The molecule has 0 spiro atoms. The van der Waals surface area contributed by atoms with Gasteiger partial charge in [0.15, 0.2) is 0 Å². The van der Waals surface area contributed by atoms with Crippen LogP contribution >= 0.6 is 15.9 Å². The molecule has 0 amide bonds. The van der Waals surface area contributed by atoms with Crippen LogP contribution in [0.2, 0.25) is 0 Å². The van der Waals surface area contributed by atoms with Crippen molar-refractivity contribution < 1.29 is 4.74 Å². The summed E-state index contributed by atoms with van der Waals surface area (Å²) in [7, 11) is 0. The van der Waals surface area contributed by atoms with Crippen molar-refractivity contribution >= 4 is 21.6 Å². The lowest BCUT2D eigenvalue weighted by molar-refractivity contribution is 0.340. The maximum atomic E-state index is 5.88. The number of nitrogens with two attached hydrogens (primary N) is 1. The van der Waals surface area contributed by atoms with Crippen molar-refractivity contribution in [3.63, 3.8) is 0 Å². The Morgan fingerprint density at radius 1 is 1.10 bits per heavy atom. The standard InChI is InChI=1S/C16H19BrN2O/c1-2-20-15-9-3-12(4-10-15)16(11-18)19-14-7-5-13(17)6-8-14/h3-10,16,19H,2,11,18H2,1H3. The van der Waals surface area contributed by atoms with E-state index in [9.17, 15) is 0 Å². The van der Waals surface area contributed by atoms with Crippen molar-refractivity contribution in [2.24, 2.45) is 5.73 Å². The van der Waals surface area contributed by atoms with Gasteiger partial charge in [0.1, 0.15) is 5.75 Å². The van der Waals surface area contributed by atoms with Gasteiger partial charge in [0.05, 0.1) is 12.6 Å². The first-order chi connectivity index (χ1) is 9.72. The minimum Gasteiger partial charge on any atom is -0.494 e. The highest BCUT2D eigenvalue weighted by Gasteiger charge is 2.09. The molecule has 1 atom stereocenters. The van der Waals surface area contributed by atoms with Crippen molar-refractivity contribution in [3.05, 3.63) is 58.6 Å². The van der Waals surface area contributed by atoms with Crippen LogP contribution in [0.3, 0.4) is 0 Å². The summed E-state index contributed by atoms with van der Waals surface area (Å²) in [6.07, 6.45) is 0. The average molecular weight is 335 g/mol. The number of hydrogen-bond donors (Lipinski definition) is 2. The molecule has 0 heterocycles. The highest BCUT2D eigenvalue weighted by molar-refractivity contribution is 9.10. The van der Waals surface area contributed by atoms with Crippen LogP contribution in [0.25, 0.3) is 0 Å². The third-order valence-electron chi connectivity index (χ3n) is 3.01. The maximum Gasteiger partial charge on any atom is 0.119 e. The zero-order valence-electron chi connectivity index (χ0n) is 11.5. The molecule has 0 saturated carbocycles. The fraction of sp³-hybridized carbons (Fsp3) is 0.250. The van der Waals surface area contributed by atoms with Crippen LogP contribution in [0.15, 0.2) is 53.0 Å². The zero-order chi connectivity index (χ0) is 14.4. The van der Waals surface area contributed by atoms with Gasteiger partial charge in [-0.3, -0.25) is 0 Å². The molecule has 0 aliphatic rings. The Kier molecular flexibility index (Phi) is 5.44. The summed E-state index contributed by atoms with van der Waals surface area (Å²) < 4.78 is 6.51. The Balaban J connectivity index is 2.09. The molecule has 0 aromatic heterocycles. The largest absolute Gasteiger partial charge is 0.494 e. The first-order valence-electron chi connectivity index (χ1n) is 6.68. The molecular weight excluding hydrogens is 316 g/mol. The molecular formula is C16H19BrN2O. The summed E-state index contributed by atoms with van der Waals surface area (Å²) in [4.78, 5) is 0. The summed E-state index contributed by atoms with van der Waals surface area (Å²) in [5.74, 6) is 0.885. The van der Waals surface area contributed by atoms with E-state index < -0.39 is 0 Å². The van der Waals surface area contributed by atoms with Crippen LogP contribution in [-0.4, -0.2) is 13.2 Å². The smallest absolute Gasteiger partial charge is 0.119 e. The Morgan fingerprint density at radius 2 is 1.75 bits per heavy atom. The van der Waals surface area contributed by atoms with Crippen molar-refractivity contribution in [1.29, 1.82) is 0 Å². The molecule has 3 nitrogen and oxygen atoms in total. The number of hydrogen-bond acceptors (Lipinski definition) is 3. The molecule has 1 unspecified atom stereocenters. The minimum atomic E-state index is 0.0897. The van der Waals surface area contributed by atoms with Gasteiger partial charge in [0, 0.05) is 16.7 Å². The van der Waals surface area contributed by atoms with Crippen molar-refractivity contribution in [1.82, 2.24) is 0 Å². The lowest BCUT2D eigenvalue weighted by Crippen LogP contribution is -2.20. The van der Waals surface area contributed by atoms with Crippen LogP contribution in [0.4, 0.5) is 5.69 Å². The first kappa shape index (κ1) is 14.9. The molecule has 0 bridgehead atoms. The quantitative estimate of drug-likeness (QED) is 0.840. The van der Waals surface area contributed by atoms with E-state index in [0.717, 1.165) is 21.5 Å². The molecule has 2 aromatic carbocycles. The maximum absolute atomic E-state index is 5.88. The van der Waals surface area contributed by atoms with Gasteiger partial charge in [0.25, 0.3) is 0 Å². The summed E-state index contributed by atoms with van der Waals surface area (Å²) in [5.41, 5.74) is 8.08. The number of benzene rings is 2. The zero-order valence-corrected chi connectivity index (χ0v) is 13.1. The third-order valence-corrected chi connectivity index (χ3v) is 3.54. The van der Waals surface area contributed by atoms with Crippen molar-refractivity contribution in [2.45, 2.75) is 13.0 Å². The average Bonchev–Trinajstić information content (AvgIpc) is 2.48. The fourth-order valence-corrected chi connectivity index (χ4v) is 2.25. The van der Waals surface area contributed by atoms with Gasteiger partial charge in [-0.15, -0.1) is 0 Å². The molecule has 106 valence electrons. The Hall–Kier alpha value is -1.52. The van der Waals surface area contributed by atoms with Gasteiger partial charge in [-0.1, -0.05) is 28.1 Å². The number of halogens is 1. The lowest BCUT2D eigenvalue weighted by Gasteiger charge is -2.19. The highest BCUT2D eigenvalue weighted by atomic mass is 79.9. The second-order valence-electron chi connectivity index (χ2n) is 4.44. The Bertz CT molecular complexity index is 525. The molecule has 0 radical (unpaired) electrons. The molecule has 2 aromatic rings. The second-order valence-corrected chi connectivity index (χ2v) is 5.36. The molecule has 0 aliphatic heterocycles. The Labute approximate surface area is 128 Å². The van der Waals surface area contributed by atoms with Gasteiger partial charge in [0.2, 0.25) is 0 Å². The number of ether oxygens (including phenoxy) is 1. The monoisotopic (exact) mass is 334 g/mol. The van der Waals surface area contributed by atoms with E-state index in [0.29, 0.717) is 13.2 Å². The second kappa shape index (κ2) is 7.31. The fourth-order valence-electron chi connectivity index (χ4n) is 1.99.